The second-order valence-corrected chi connectivity index (χ2v) is 8.97. The minimum absolute atomic E-state index is 0. The van der Waals surface area contributed by atoms with E-state index in [4.69, 9.17) is 10.2 Å². The Morgan fingerprint density at radius 1 is 0.697 bits per heavy atom. The fraction of sp³-hybridized carbons (Fsp3) is 0.0909. The van der Waals surface area contributed by atoms with Gasteiger partial charge >= 0.3 is 11.9 Å². The zero-order chi connectivity index (χ0) is 23.4. The zero-order valence-corrected chi connectivity index (χ0v) is 24.0. The number of hydrogen-bond donors (Lipinski definition) is 4. The van der Waals surface area contributed by atoms with E-state index in [0.717, 1.165) is 30.4 Å². The van der Waals surface area contributed by atoms with E-state index >= 15 is 0 Å². The molecule has 2 aromatic carbocycles. The van der Waals surface area contributed by atoms with E-state index in [1.807, 2.05) is 36.8 Å². The summed E-state index contributed by atoms with van der Waals surface area (Å²) in [5.41, 5.74) is 1.35. The maximum Gasteiger partial charge on any atom is 0.354 e. The molecule has 0 saturated carbocycles. The molecule has 0 bridgehead atoms. The van der Waals surface area contributed by atoms with E-state index in [9.17, 15) is 9.59 Å². The van der Waals surface area contributed by atoms with Crippen LogP contribution >= 0.6 is 48.8 Å². The normalized spacial score (nSPS) is 10.3. The van der Waals surface area contributed by atoms with Crippen LogP contribution in [0.2, 0.25) is 0 Å². The molecule has 11 heteroatoms. The third-order valence-electron chi connectivity index (χ3n) is 4.47. The number of thiol groups is 2. The smallest absolute Gasteiger partial charge is 0.354 e. The third kappa shape index (κ3) is 6.22. The van der Waals surface area contributed by atoms with Gasteiger partial charge in [-0.05, 0) is 36.8 Å². The first-order chi connectivity index (χ1) is 15.3. The summed E-state index contributed by atoms with van der Waals surface area (Å²) in [6, 6.07) is 14.2. The molecule has 2 N–H and O–H groups in total. The van der Waals surface area contributed by atoms with Gasteiger partial charge in [-0.3, -0.25) is 0 Å². The summed E-state index contributed by atoms with van der Waals surface area (Å²) in [5.74, 6) is -2.05. The molecule has 0 unspecified atom stereocenters. The standard InChI is InChI=1S/2C11H9NO2S2.Zn/c2*1-16-8-5-3-6-2-4-7(11(13)14)12-9(6)10(8)15;/h2*2-5,15H,1H3,(H,13,14);. The summed E-state index contributed by atoms with van der Waals surface area (Å²) < 4.78 is 0. The minimum Gasteiger partial charge on any atom is -0.477 e. The maximum absolute atomic E-state index is 10.8. The van der Waals surface area contributed by atoms with Gasteiger partial charge in [-0.1, -0.05) is 24.3 Å². The predicted molar refractivity (Wildman–Crippen MR) is 135 cm³/mol. The van der Waals surface area contributed by atoms with Gasteiger partial charge in [0.05, 0.1) is 11.0 Å². The molecule has 0 amide bonds. The molecule has 166 valence electrons. The molecule has 0 fully saturated rings. The monoisotopic (exact) mass is 566 g/mol. The van der Waals surface area contributed by atoms with Crippen LogP contribution in [0.4, 0.5) is 0 Å². The second-order valence-electron chi connectivity index (χ2n) is 6.38. The molecule has 33 heavy (non-hydrogen) atoms. The first-order valence-corrected chi connectivity index (χ1v) is 12.4. The number of pyridine rings is 2. The molecule has 0 saturated heterocycles. The van der Waals surface area contributed by atoms with Crippen LogP contribution in [0, 0.1) is 0 Å². The number of hydrogen-bond acceptors (Lipinski definition) is 8. The molecule has 0 spiro atoms. The van der Waals surface area contributed by atoms with Crippen LogP contribution in [0.3, 0.4) is 0 Å². The van der Waals surface area contributed by atoms with E-state index in [1.165, 1.54) is 12.1 Å². The van der Waals surface area contributed by atoms with Crippen LogP contribution in [0.1, 0.15) is 21.0 Å². The topological polar surface area (TPSA) is 100 Å². The van der Waals surface area contributed by atoms with Crippen molar-refractivity contribution in [2.24, 2.45) is 0 Å². The Kier molecular flexibility index (Phi) is 10.1. The summed E-state index contributed by atoms with van der Waals surface area (Å²) in [5, 5.41) is 19.5. The number of nitrogens with zero attached hydrogens (tertiary/aromatic N) is 2. The first-order valence-electron chi connectivity index (χ1n) is 9.06. The molecule has 0 atom stereocenters. The molecular weight excluding hydrogens is 550 g/mol. The Morgan fingerprint density at radius 2 is 1.03 bits per heavy atom. The van der Waals surface area contributed by atoms with Gasteiger partial charge in [-0.2, -0.15) is 0 Å². The van der Waals surface area contributed by atoms with Gasteiger partial charge in [0.2, 0.25) is 0 Å². The van der Waals surface area contributed by atoms with Crippen LogP contribution in [0.15, 0.2) is 68.1 Å². The summed E-state index contributed by atoms with van der Waals surface area (Å²) in [7, 11) is 0. The van der Waals surface area contributed by atoms with E-state index in [-0.39, 0.29) is 30.9 Å². The number of benzene rings is 2. The molecular formula is C22H18N2O4S4Zn. The Labute approximate surface area is 222 Å². The Hall–Kier alpha value is -1.78. The number of carboxylic acids is 2. The Balaban J connectivity index is 0.000000227. The van der Waals surface area contributed by atoms with E-state index in [1.54, 1.807) is 35.7 Å². The molecule has 0 aliphatic carbocycles. The average Bonchev–Trinajstić information content (AvgIpc) is 2.79. The largest absolute Gasteiger partial charge is 0.477 e. The van der Waals surface area contributed by atoms with Crippen molar-refractivity contribution in [3.05, 3.63) is 59.9 Å². The van der Waals surface area contributed by atoms with Gasteiger partial charge in [-0.25, -0.2) is 19.6 Å². The number of carboxylic acid groups (broad SMARTS) is 2. The number of rotatable bonds is 4. The molecule has 0 aliphatic rings. The maximum atomic E-state index is 10.8. The predicted octanol–water partition coefficient (Wildman–Crippen LogP) is 5.88. The number of aromatic nitrogens is 2. The van der Waals surface area contributed by atoms with E-state index < -0.39 is 11.9 Å². The fourth-order valence-corrected chi connectivity index (χ4v) is 4.92. The molecule has 0 aliphatic heterocycles. The first kappa shape index (κ1) is 27.5. The van der Waals surface area contributed by atoms with E-state index in [2.05, 4.69) is 35.2 Å². The molecule has 4 rings (SSSR count). The van der Waals surface area contributed by atoms with Gasteiger partial charge in [0.1, 0.15) is 11.4 Å². The number of carbonyl (C=O) groups is 2. The van der Waals surface area contributed by atoms with E-state index in [0.29, 0.717) is 11.0 Å². The third-order valence-corrected chi connectivity index (χ3v) is 7.24. The van der Waals surface area contributed by atoms with Gasteiger partial charge in [0.25, 0.3) is 0 Å². The van der Waals surface area contributed by atoms with Crippen molar-refractivity contribution in [3.8, 4) is 0 Å². The Morgan fingerprint density at radius 3 is 1.33 bits per heavy atom. The van der Waals surface area contributed by atoms with Crippen molar-refractivity contribution in [2.45, 2.75) is 19.6 Å². The summed E-state index contributed by atoms with van der Waals surface area (Å²) in [4.78, 5) is 33.3. The van der Waals surface area contributed by atoms with Crippen molar-refractivity contribution < 1.29 is 39.3 Å². The molecule has 2 aromatic heterocycles. The van der Waals surface area contributed by atoms with Crippen molar-refractivity contribution in [1.82, 2.24) is 9.97 Å². The SMILES string of the molecule is CSc1ccc2ccc(C(=O)O)nc2c1S.CSc1ccc2ccc(C(=O)O)nc2c1S.[Zn]. The van der Waals surface area contributed by atoms with Crippen molar-refractivity contribution in [2.75, 3.05) is 12.5 Å². The van der Waals surface area contributed by atoms with Crippen LogP contribution < -0.4 is 0 Å². The van der Waals surface area contributed by atoms with Crippen LogP contribution in [-0.2, 0) is 19.5 Å². The average molecular weight is 568 g/mol. The van der Waals surface area contributed by atoms with Crippen LogP contribution in [0.25, 0.3) is 21.8 Å². The Bertz CT molecular complexity index is 1250. The summed E-state index contributed by atoms with van der Waals surface area (Å²) in [6.07, 6.45) is 3.89. The minimum atomic E-state index is -1.02. The molecule has 4 aromatic rings. The van der Waals surface area contributed by atoms with Gasteiger partial charge in [0.15, 0.2) is 0 Å². The summed E-state index contributed by atoms with van der Waals surface area (Å²) in [6.45, 7) is 0. The van der Waals surface area contributed by atoms with Crippen LogP contribution in [-0.4, -0.2) is 44.6 Å². The van der Waals surface area contributed by atoms with Crippen molar-refractivity contribution >= 4 is 82.5 Å². The molecule has 2 heterocycles. The van der Waals surface area contributed by atoms with Crippen molar-refractivity contribution in [3.63, 3.8) is 0 Å². The number of aromatic carboxylic acids is 2. The molecule has 6 nitrogen and oxygen atoms in total. The van der Waals surface area contributed by atoms with Gasteiger partial charge in [-0.15, -0.1) is 48.8 Å². The quantitative estimate of drug-likeness (QED) is 0.138. The van der Waals surface area contributed by atoms with Crippen molar-refractivity contribution in [1.29, 1.82) is 0 Å². The second kappa shape index (κ2) is 12.1. The van der Waals surface area contributed by atoms with Gasteiger partial charge < -0.3 is 10.2 Å². The molecule has 0 radical (unpaired) electrons. The van der Waals surface area contributed by atoms with Gasteiger partial charge in [0, 0.05) is 49.8 Å². The summed E-state index contributed by atoms with van der Waals surface area (Å²) >= 11 is 11.9. The number of fused-ring (bicyclic) bond motifs is 2. The van der Waals surface area contributed by atoms with Crippen LogP contribution in [0.5, 0.6) is 0 Å². The number of thioether (sulfide) groups is 2. The zero-order valence-electron chi connectivity index (χ0n) is 17.6. The fourth-order valence-electron chi connectivity index (χ4n) is 2.88.